The largest absolute Gasteiger partial charge is 0.466 e. The Morgan fingerprint density at radius 3 is 2.78 bits per heavy atom. The number of aromatic nitrogens is 4. The van der Waals surface area contributed by atoms with Crippen LogP contribution in [0, 0.1) is 0 Å². The number of carbonyl (C=O) groups is 2. The summed E-state index contributed by atoms with van der Waals surface area (Å²) >= 11 is 0. The van der Waals surface area contributed by atoms with Crippen LogP contribution in [0.15, 0.2) is 24.7 Å². The molecule has 0 atom stereocenters. The smallest absolute Gasteiger partial charge is 0.306 e. The lowest BCUT2D eigenvalue weighted by atomic mass is 10.2. The van der Waals surface area contributed by atoms with E-state index in [-0.39, 0.29) is 24.7 Å². The minimum Gasteiger partial charge on any atom is -0.466 e. The lowest BCUT2D eigenvalue weighted by Crippen LogP contribution is -2.24. The molecule has 0 aliphatic carbocycles. The van der Waals surface area contributed by atoms with Crippen LogP contribution in [-0.4, -0.2) is 38.2 Å². The van der Waals surface area contributed by atoms with Gasteiger partial charge in [-0.15, -0.1) is 0 Å². The van der Waals surface area contributed by atoms with E-state index in [4.69, 9.17) is 4.74 Å². The highest BCUT2D eigenvalue weighted by molar-refractivity contribution is 5.81. The summed E-state index contributed by atoms with van der Waals surface area (Å²) in [6.07, 6.45) is 5.01. The van der Waals surface area contributed by atoms with E-state index in [0.29, 0.717) is 24.5 Å². The van der Waals surface area contributed by atoms with Crippen LogP contribution >= 0.6 is 0 Å². The SMILES string of the molecule is CCOC(=O)CCC(=O)NCc1cc(-c2cnccn2)nn1C. The van der Waals surface area contributed by atoms with Crippen molar-refractivity contribution in [2.24, 2.45) is 7.05 Å². The van der Waals surface area contributed by atoms with Crippen molar-refractivity contribution in [3.63, 3.8) is 0 Å². The van der Waals surface area contributed by atoms with Crippen molar-refractivity contribution in [2.45, 2.75) is 26.3 Å². The van der Waals surface area contributed by atoms with Crippen molar-refractivity contribution < 1.29 is 14.3 Å². The Hall–Kier alpha value is -2.77. The molecule has 23 heavy (non-hydrogen) atoms. The predicted molar refractivity (Wildman–Crippen MR) is 81.9 cm³/mol. The molecule has 0 aliphatic rings. The predicted octanol–water partition coefficient (Wildman–Crippen LogP) is 0.837. The highest BCUT2D eigenvalue weighted by atomic mass is 16.5. The van der Waals surface area contributed by atoms with Crippen molar-refractivity contribution >= 4 is 11.9 Å². The minimum atomic E-state index is -0.367. The van der Waals surface area contributed by atoms with E-state index in [1.807, 2.05) is 6.07 Å². The van der Waals surface area contributed by atoms with Gasteiger partial charge < -0.3 is 10.1 Å². The molecule has 122 valence electrons. The molecule has 0 aliphatic heterocycles. The van der Waals surface area contributed by atoms with Gasteiger partial charge in [-0.1, -0.05) is 0 Å². The Morgan fingerprint density at radius 2 is 2.09 bits per heavy atom. The second-order valence-corrected chi connectivity index (χ2v) is 4.82. The molecule has 1 N–H and O–H groups in total. The van der Waals surface area contributed by atoms with Crippen LogP contribution in [0.25, 0.3) is 11.4 Å². The van der Waals surface area contributed by atoms with Gasteiger partial charge in [0.2, 0.25) is 5.91 Å². The summed E-state index contributed by atoms with van der Waals surface area (Å²) in [7, 11) is 1.79. The number of hydrogen-bond acceptors (Lipinski definition) is 6. The Balaban J connectivity index is 1.88. The number of esters is 1. The minimum absolute atomic E-state index is 0.0793. The highest BCUT2D eigenvalue weighted by Crippen LogP contribution is 2.14. The highest BCUT2D eigenvalue weighted by Gasteiger charge is 2.11. The number of nitrogens with zero attached hydrogens (tertiary/aromatic N) is 4. The van der Waals surface area contributed by atoms with E-state index >= 15 is 0 Å². The van der Waals surface area contributed by atoms with Crippen LogP contribution in [0.2, 0.25) is 0 Å². The fourth-order valence-electron chi connectivity index (χ4n) is 1.95. The quantitative estimate of drug-likeness (QED) is 0.760. The topological polar surface area (TPSA) is 99.0 Å². The van der Waals surface area contributed by atoms with E-state index in [2.05, 4.69) is 20.4 Å². The number of carbonyl (C=O) groups excluding carboxylic acids is 2. The molecule has 0 saturated carbocycles. The van der Waals surface area contributed by atoms with Gasteiger partial charge in [0.25, 0.3) is 0 Å². The monoisotopic (exact) mass is 317 g/mol. The normalized spacial score (nSPS) is 10.3. The van der Waals surface area contributed by atoms with Crippen LogP contribution in [0.3, 0.4) is 0 Å². The maximum Gasteiger partial charge on any atom is 0.306 e. The van der Waals surface area contributed by atoms with Crippen LogP contribution in [0.4, 0.5) is 0 Å². The van der Waals surface area contributed by atoms with Crippen molar-refractivity contribution in [3.8, 4) is 11.4 Å². The first-order chi connectivity index (χ1) is 11.1. The lowest BCUT2D eigenvalue weighted by molar-refractivity contribution is -0.144. The Labute approximate surface area is 133 Å². The third-order valence-corrected chi connectivity index (χ3v) is 3.13. The third kappa shape index (κ3) is 4.87. The zero-order chi connectivity index (χ0) is 16.7. The number of ether oxygens (including phenoxy) is 1. The number of aryl methyl sites for hydroxylation is 1. The zero-order valence-corrected chi connectivity index (χ0v) is 13.2. The molecule has 0 spiro atoms. The average Bonchev–Trinajstić information content (AvgIpc) is 2.93. The van der Waals surface area contributed by atoms with Crippen LogP contribution in [0.5, 0.6) is 0 Å². The van der Waals surface area contributed by atoms with Gasteiger partial charge in [0.05, 0.1) is 31.5 Å². The number of rotatable bonds is 7. The molecule has 0 unspecified atom stereocenters. The number of hydrogen-bond donors (Lipinski definition) is 1. The molecule has 0 radical (unpaired) electrons. The first-order valence-corrected chi connectivity index (χ1v) is 7.31. The molecule has 1 amide bonds. The van der Waals surface area contributed by atoms with E-state index in [1.54, 1.807) is 37.2 Å². The van der Waals surface area contributed by atoms with Crippen LogP contribution < -0.4 is 5.32 Å². The molecular formula is C15H19N5O3. The summed E-state index contributed by atoms with van der Waals surface area (Å²) in [5, 5.41) is 7.10. The zero-order valence-electron chi connectivity index (χ0n) is 13.2. The fourth-order valence-corrected chi connectivity index (χ4v) is 1.95. The molecular weight excluding hydrogens is 298 g/mol. The van der Waals surface area contributed by atoms with Gasteiger partial charge in [0.1, 0.15) is 11.4 Å². The van der Waals surface area contributed by atoms with E-state index in [0.717, 1.165) is 5.69 Å². The summed E-state index contributed by atoms with van der Waals surface area (Å²) in [5.74, 6) is -0.576. The van der Waals surface area contributed by atoms with Gasteiger partial charge >= 0.3 is 5.97 Å². The summed E-state index contributed by atoms with van der Waals surface area (Å²) < 4.78 is 6.46. The molecule has 8 heteroatoms. The van der Waals surface area contributed by atoms with Gasteiger partial charge in [-0.3, -0.25) is 24.2 Å². The Kier molecular flexibility index (Phi) is 5.79. The standard InChI is InChI=1S/C15H19N5O3/c1-3-23-15(22)5-4-14(21)18-9-11-8-12(19-20(11)2)13-10-16-6-7-17-13/h6-8,10H,3-5,9H2,1-2H3,(H,18,21). The maximum absolute atomic E-state index is 11.7. The van der Waals surface area contributed by atoms with E-state index < -0.39 is 0 Å². The Bertz CT molecular complexity index is 669. The second kappa shape index (κ2) is 8.02. The van der Waals surface area contributed by atoms with E-state index in [1.165, 1.54) is 0 Å². The first-order valence-electron chi connectivity index (χ1n) is 7.31. The lowest BCUT2D eigenvalue weighted by Gasteiger charge is -2.05. The number of nitrogens with one attached hydrogen (secondary N) is 1. The fraction of sp³-hybridized carbons (Fsp3) is 0.400. The summed E-state index contributed by atoms with van der Waals surface area (Å²) in [6.45, 7) is 2.38. The molecule has 2 heterocycles. The molecule has 0 saturated heterocycles. The van der Waals surface area contributed by atoms with Crippen LogP contribution in [-0.2, 0) is 27.9 Å². The molecule has 8 nitrogen and oxygen atoms in total. The summed E-state index contributed by atoms with van der Waals surface area (Å²) in [6, 6.07) is 1.84. The van der Waals surface area contributed by atoms with Crippen molar-refractivity contribution in [2.75, 3.05) is 6.61 Å². The van der Waals surface area contributed by atoms with Gasteiger partial charge in [-0.25, -0.2) is 0 Å². The van der Waals surface area contributed by atoms with Crippen molar-refractivity contribution in [1.29, 1.82) is 0 Å². The molecule has 2 aromatic heterocycles. The molecule has 0 aromatic carbocycles. The first kappa shape index (κ1) is 16.6. The summed E-state index contributed by atoms with van der Waals surface area (Å²) in [5.41, 5.74) is 2.19. The van der Waals surface area contributed by atoms with Crippen molar-refractivity contribution in [3.05, 3.63) is 30.4 Å². The van der Waals surface area contributed by atoms with Gasteiger partial charge in [-0.2, -0.15) is 5.10 Å². The summed E-state index contributed by atoms with van der Waals surface area (Å²) in [4.78, 5) is 31.1. The van der Waals surface area contributed by atoms with E-state index in [9.17, 15) is 9.59 Å². The third-order valence-electron chi connectivity index (χ3n) is 3.13. The molecule has 2 aromatic rings. The van der Waals surface area contributed by atoms with Gasteiger partial charge in [0, 0.05) is 25.9 Å². The van der Waals surface area contributed by atoms with Gasteiger partial charge in [-0.05, 0) is 13.0 Å². The van der Waals surface area contributed by atoms with Crippen LogP contribution in [0.1, 0.15) is 25.5 Å². The van der Waals surface area contributed by atoms with Crippen molar-refractivity contribution in [1.82, 2.24) is 25.1 Å². The molecule has 2 rings (SSSR count). The maximum atomic E-state index is 11.7. The molecule has 0 bridgehead atoms. The average molecular weight is 317 g/mol. The van der Waals surface area contributed by atoms with Gasteiger partial charge in [0.15, 0.2) is 0 Å². The number of amides is 1. The second-order valence-electron chi connectivity index (χ2n) is 4.82. The molecule has 0 fully saturated rings. The Morgan fingerprint density at radius 1 is 1.26 bits per heavy atom.